The van der Waals surface area contributed by atoms with Gasteiger partial charge in [0.2, 0.25) is 23.4 Å². The lowest BCUT2D eigenvalue weighted by atomic mass is 10.0. The van der Waals surface area contributed by atoms with Crippen LogP contribution in [0, 0.1) is 13.8 Å². The Balaban J connectivity index is 1.28. The Kier molecular flexibility index (Phi) is 4.54. The van der Waals surface area contributed by atoms with Gasteiger partial charge in [-0.2, -0.15) is 4.98 Å². The number of fused-ring (bicyclic) bond motifs is 1. The maximum atomic E-state index is 12.9. The predicted molar refractivity (Wildman–Crippen MR) is 109 cm³/mol. The molecule has 0 spiro atoms. The van der Waals surface area contributed by atoms with Gasteiger partial charge in [0.25, 0.3) is 0 Å². The van der Waals surface area contributed by atoms with Gasteiger partial charge in [0, 0.05) is 36.4 Å². The molecule has 5 rings (SSSR count). The van der Waals surface area contributed by atoms with Gasteiger partial charge < -0.3 is 13.8 Å². The van der Waals surface area contributed by atoms with Crippen LogP contribution in [0.2, 0.25) is 0 Å². The number of rotatable bonds is 4. The van der Waals surface area contributed by atoms with Gasteiger partial charge >= 0.3 is 0 Å². The van der Waals surface area contributed by atoms with E-state index in [1.807, 2.05) is 11.0 Å². The average molecular weight is 403 g/mol. The van der Waals surface area contributed by atoms with E-state index in [2.05, 4.69) is 40.0 Å². The Hall–Kier alpha value is -3.55. The Morgan fingerprint density at radius 3 is 2.80 bits per heavy atom. The van der Waals surface area contributed by atoms with Crippen LogP contribution in [0.25, 0.3) is 22.6 Å². The van der Waals surface area contributed by atoms with Crippen molar-refractivity contribution in [3.8, 4) is 11.6 Å². The second-order valence-electron chi connectivity index (χ2n) is 7.72. The van der Waals surface area contributed by atoms with Gasteiger partial charge in [0.15, 0.2) is 0 Å². The van der Waals surface area contributed by atoms with Gasteiger partial charge in [-0.25, -0.2) is 9.97 Å². The number of amides is 1. The Labute approximate surface area is 172 Å². The zero-order chi connectivity index (χ0) is 20.7. The smallest absolute Gasteiger partial charge is 0.240 e. The molecule has 1 atom stereocenters. The minimum atomic E-state index is 0.0184. The van der Waals surface area contributed by atoms with Crippen LogP contribution in [0.1, 0.15) is 34.9 Å². The molecule has 0 saturated carbocycles. The number of nitrogens with zero attached hydrogens (tertiary/aromatic N) is 5. The molecule has 1 unspecified atom stereocenters. The van der Waals surface area contributed by atoms with Crippen molar-refractivity contribution in [3.63, 3.8) is 0 Å². The molecule has 8 heteroatoms. The zero-order valence-electron chi connectivity index (χ0n) is 16.8. The molecule has 8 nitrogen and oxygen atoms in total. The van der Waals surface area contributed by atoms with E-state index < -0.39 is 0 Å². The van der Waals surface area contributed by atoms with Gasteiger partial charge in [0.05, 0.1) is 18.6 Å². The number of likely N-dealkylation sites (tertiary alicyclic amines) is 1. The third kappa shape index (κ3) is 3.34. The van der Waals surface area contributed by atoms with Crippen LogP contribution in [0.5, 0.6) is 0 Å². The summed E-state index contributed by atoms with van der Waals surface area (Å²) in [5.41, 5.74) is 4.11. The van der Waals surface area contributed by atoms with E-state index in [1.165, 1.54) is 11.1 Å². The maximum Gasteiger partial charge on any atom is 0.240 e. The van der Waals surface area contributed by atoms with Crippen molar-refractivity contribution < 1.29 is 13.7 Å². The van der Waals surface area contributed by atoms with Crippen molar-refractivity contribution in [2.75, 3.05) is 13.1 Å². The Morgan fingerprint density at radius 2 is 1.97 bits per heavy atom. The summed E-state index contributed by atoms with van der Waals surface area (Å²) in [4.78, 5) is 27.5. The summed E-state index contributed by atoms with van der Waals surface area (Å²) < 4.78 is 11.1. The van der Waals surface area contributed by atoms with Crippen molar-refractivity contribution in [2.45, 2.75) is 32.6 Å². The highest BCUT2D eigenvalue weighted by Gasteiger charge is 2.31. The first kappa shape index (κ1) is 18.5. The minimum Gasteiger partial charge on any atom is -0.464 e. The van der Waals surface area contributed by atoms with Crippen LogP contribution in [0.4, 0.5) is 0 Å². The molecule has 4 heterocycles. The van der Waals surface area contributed by atoms with E-state index in [0.717, 1.165) is 23.0 Å². The lowest BCUT2D eigenvalue weighted by molar-refractivity contribution is -0.129. The minimum absolute atomic E-state index is 0.0184. The highest BCUT2D eigenvalue weighted by atomic mass is 16.5. The Bertz CT molecular complexity index is 1210. The second kappa shape index (κ2) is 7.37. The van der Waals surface area contributed by atoms with Crippen LogP contribution < -0.4 is 0 Å². The topological polar surface area (TPSA) is 98.2 Å². The lowest BCUT2D eigenvalue weighted by Crippen LogP contribution is -2.29. The standard InChI is InChI=1S/C22H21N5O3/c1-13-8-17-16(12-29-18(17)9-14(13)2)10-19(28)27-7-4-15(11-27)22-25-21(26-30-22)20-23-5-3-6-24-20/h3,5-6,8-9,12,15H,4,7,10-11H2,1-2H3. The second-order valence-corrected chi connectivity index (χ2v) is 7.72. The monoisotopic (exact) mass is 403 g/mol. The molecule has 0 bridgehead atoms. The fraction of sp³-hybridized carbons (Fsp3) is 0.318. The first-order chi connectivity index (χ1) is 14.6. The maximum absolute atomic E-state index is 12.9. The molecule has 4 aromatic rings. The van der Waals surface area contributed by atoms with Crippen molar-refractivity contribution in [1.82, 2.24) is 25.0 Å². The summed E-state index contributed by atoms with van der Waals surface area (Å²) in [6.45, 7) is 5.35. The molecule has 30 heavy (non-hydrogen) atoms. The Morgan fingerprint density at radius 1 is 1.17 bits per heavy atom. The van der Waals surface area contributed by atoms with E-state index in [-0.39, 0.29) is 11.8 Å². The van der Waals surface area contributed by atoms with E-state index in [0.29, 0.717) is 37.0 Å². The number of carbonyl (C=O) groups is 1. The van der Waals surface area contributed by atoms with Gasteiger partial charge in [0.1, 0.15) is 5.58 Å². The van der Waals surface area contributed by atoms with E-state index in [9.17, 15) is 4.79 Å². The third-order valence-corrected chi connectivity index (χ3v) is 5.71. The van der Waals surface area contributed by atoms with E-state index in [1.54, 1.807) is 24.7 Å². The number of aryl methyl sites for hydroxylation is 2. The molecular formula is C22H21N5O3. The summed E-state index contributed by atoms with van der Waals surface area (Å²) >= 11 is 0. The van der Waals surface area contributed by atoms with Gasteiger partial charge in [-0.1, -0.05) is 5.16 Å². The number of benzene rings is 1. The molecule has 1 amide bonds. The molecular weight excluding hydrogens is 382 g/mol. The van der Waals surface area contributed by atoms with Crippen molar-refractivity contribution in [3.05, 3.63) is 59.4 Å². The molecule has 0 radical (unpaired) electrons. The molecule has 1 aromatic carbocycles. The average Bonchev–Trinajstić information content (AvgIpc) is 3.49. The van der Waals surface area contributed by atoms with Crippen LogP contribution in [0.15, 0.2) is 45.8 Å². The van der Waals surface area contributed by atoms with Crippen LogP contribution >= 0.6 is 0 Å². The SMILES string of the molecule is Cc1cc2occ(CC(=O)N3CCC(c4nc(-c5ncccn5)no4)C3)c2cc1C. The molecule has 0 aliphatic carbocycles. The zero-order valence-corrected chi connectivity index (χ0v) is 16.8. The number of hydrogen-bond acceptors (Lipinski definition) is 7. The summed E-state index contributed by atoms with van der Waals surface area (Å²) in [5.74, 6) is 1.41. The summed E-state index contributed by atoms with van der Waals surface area (Å²) in [7, 11) is 0. The number of aromatic nitrogens is 4. The van der Waals surface area contributed by atoms with Gasteiger partial charge in [-0.15, -0.1) is 0 Å². The predicted octanol–water partition coefficient (Wildman–Crippen LogP) is 3.45. The molecule has 1 aliphatic rings. The van der Waals surface area contributed by atoms with Gasteiger partial charge in [-0.05, 0) is 49.6 Å². The first-order valence-corrected chi connectivity index (χ1v) is 9.94. The summed E-state index contributed by atoms with van der Waals surface area (Å²) in [6.07, 6.45) is 6.06. The van der Waals surface area contributed by atoms with E-state index >= 15 is 0 Å². The molecule has 152 valence electrons. The van der Waals surface area contributed by atoms with Crippen molar-refractivity contribution in [1.29, 1.82) is 0 Å². The number of carbonyl (C=O) groups excluding carboxylic acids is 1. The van der Waals surface area contributed by atoms with Crippen LogP contribution in [-0.4, -0.2) is 44.0 Å². The van der Waals surface area contributed by atoms with Crippen molar-refractivity contribution in [2.24, 2.45) is 0 Å². The van der Waals surface area contributed by atoms with Gasteiger partial charge in [-0.3, -0.25) is 4.79 Å². The third-order valence-electron chi connectivity index (χ3n) is 5.71. The molecule has 1 saturated heterocycles. The molecule has 1 fully saturated rings. The number of hydrogen-bond donors (Lipinski definition) is 0. The largest absolute Gasteiger partial charge is 0.464 e. The highest BCUT2D eigenvalue weighted by molar-refractivity contribution is 5.88. The highest BCUT2D eigenvalue weighted by Crippen LogP contribution is 2.29. The molecule has 0 N–H and O–H groups in total. The molecule has 1 aliphatic heterocycles. The molecule has 3 aromatic heterocycles. The quantitative estimate of drug-likeness (QED) is 0.515. The fourth-order valence-corrected chi connectivity index (χ4v) is 3.84. The normalized spacial score (nSPS) is 16.5. The van der Waals surface area contributed by atoms with Crippen LogP contribution in [-0.2, 0) is 11.2 Å². The van der Waals surface area contributed by atoms with E-state index in [4.69, 9.17) is 8.94 Å². The number of furan rings is 1. The fourth-order valence-electron chi connectivity index (χ4n) is 3.84. The summed E-state index contributed by atoms with van der Waals surface area (Å²) in [6, 6.07) is 5.85. The first-order valence-electron chi connectivity index (χ1n) is 9.94. The van der Waals surface area contributed by atoms with Crippen LogP contribution in [0.3, 0.4) is 0 Å². The summed E-state index contributed by atoms with van der Waals surface area (Å²) in [5, 5.41) is 4.99. The lowest BCUT2D eigenvalue weighted by Gasteiger charge is -2.15. The van der Waals surface area contributed by atoms with Crippen molar-refractivity contribution >= 4 is 16.9 Å².